The number of nitrogens with two attached hydrogens (primary N) is 1. The van der Waals surface area contributed by atoms with Crippen molar-refractivity contribution in [1.29, 1.82) is 0 Å². The van der Waals surface area contributed by atoms with Gasteiger partial charge in [0, 0.05) is 6.07 Å². The first-order valence-electron chi connectivity index (χ1n) is 5.48. The highest BCUT2D eigenvalue weighted by atomic mass is 32.2. The molecular formula is C11H9FN4O4S. The Balaban J connectivity index is 2.29. The van der Waals surface area contributed by atoms with Crippen molar-refractivity contribution in [2.45, 2.75) is 4.90 Å². The number of aromatic nitrogens is 1. The maximum Gasteiger partial charge on any atom is 0.363 e. The van der Waals surface area contributed by atoms with Crippen LogP contribution < -0.4 is 10.5 Å². The zero-order valence-corrected chi connectivity index (χ0v) is 11.2. The van der Waals surface area contributed by atoms with Crippen molar-refractivity contribution in [1.82, 2.24) is 4.98 Å². The Kier molecular flexibility index (Phi) is 3.72. The minimum absolute atomic E-state index is 0.0623. The van der Waals surface area contributed by atoms with Crippen molar-refractivity contribution in [3.63, 3.8) is 0 Å². The molecule has 0 fully saturated rings. The molecule has 0 aliphatic heterocycles. The van der Waals surface area contributed by atoms with E-state index >= 15 is 0 Å². The number of nitrogens with one attached hydrogen (secondary N) is 1. The fourth-order valence-electron chi connectivity index (χ4n) is 1.46. The number of sulfonamides is 1. The van der Waals surface area contributed by atoms with Gasteiger partial charge in [-0.3, -0.25) is 4.72 Å². The molecule has 10 heteroatoms. The van der Waals surface area contributed by atoms with Crippen LogP contribution >= 0.6 is 0 Å². The molecule has 8 nitrogen and oxygen atoms in total. The van der Waals surface area contributed by atoms with Crippen molar-refractivity contribution in [3.05, 3.63) is 52.5 Å². The Bertz CT molecular complexity index is 792. The molecule has 1 heterocycles. The lowest BCUT2D eigenvalue weighted by Crippen LogP contribution is -2.13. The predicted octanol–water partition coefficient (Wildman–Crippen LogP) is 1.51. The fraction of sp³-hybridized carbons (Fsp3) is 0. The number of hydrogen-bond acceptors (Lipinski definition) is 6. The molecule has 1 aromatic carbocycles. The van der Waals surface area contributed by atoms with E-state index in [0.29, 0.717) is 0 Å². The van der Waals surface area contributed by atoms with E-state index in [0.717, 1.165) is 30.5 Å². The standard InChI is InChI=1S/C11H9FN4O4S/c12-9-3-1-7(5-10(9)13)15-21(19,20)8-2-4-11(14-6-8)16(17)18/h1-6,15H,13H2. The molecule has 0 amide bonds. The van der Waals surface area contributed by atoms with Crippen LogP contribution in [0.1, 0.15) is 0 Å². The van der Waals surface area contributed by atoms with Gasteiger partial charge >= 0.3 is 5.82 Å². The number of nitrogens with zero attached hydrogens (tertiary/aromatic N) is 2. The number of rotatable bonds is 4. The summed E-state index contributed by atoms with van der Waals surface area (Å²) < 4.78 is 39.2. The molecule has 0 unspecified atom stereocenters. The van der Waals surface area contributed by atoms with E-state index in [2.05, 4.69) is 9.71 Å². The third-order valence-corrected chi connectivity index (χ3v) is 3.83. The van der Waals surface area contributed by atoms with Crippen LogP contribution in [0.2, 0.25) is 0 Å². The summed E-state index contributed by atoms with van der Waals surface area (Å²) in [7, 11) is -4.00. The molecule has 2 rings (SSSR count). The van der Waals surface area contributed by atoms with Crippen LogP contribution in [0.15, 0.2) is 41.4 Å². The third-order valence-electron chi connectivity index (χ3n) is 2.47. The van der Waals surface area contributed by atoms with Gasteiger partial charge in [-0.1, -0.05) is 0 Å². The summed E-state index contributed by atoms with van der Waals surface area (Å²) in [5, 5.41) is 10.5. The van der Waals surface area contributed by atoms with Gasteiger partial charge in [0.25, 0.3) is 10.0 Å². The first-order valence-corrected chi connectivity index (χ1v) is 6.96. The number of anilines is 2. The second-order valence-corrected chi connectivity index (χ2v) is 5.63. The summed E-state index contributed by atoms with van der Waals surface area (Å²) in [6, 6.07) is 5.34. The first-order chi connectivity index (χ1) is 9.79. The topological polar surface area (TPSA) is 128 Å². The average Bonchev–Trinajstić information content (AvgIpc) is 2.43. The third kappa shape index (κ3) is 3.23. The zero-order valence-electron chi connectivity index (χ0n) is 10.4. The van der Waals surface area contributed by atoms with E-state index in [4.69, 9.17) is 5.73 Å². The van der Waals surface area contributed by atoms with Gasteiger partial charge in [-0.2, -0.15) is 0 Å². The fourth-order valence-corrected chi connectivity index (χ4v) is 2.45. The van der Waals surface area contributed by atoms with Crippen LogP contribution in [0, 0.1) is 15.9 Å². The highest BCUT2D eigenvalue weighted by molar-refractivity contribution is 7.92. The maximum absolute atomic E-state index is 13.0. The van der Waals surface area contributed by atoms with Gasteiger partial charge in [0.1, 0.15) is 10.7 Å². The SMILES string of the molecule is Nc1cc(NS(=O)(=O)c2ccc([N+](=O)[O-])nc2)ccc1F. The smallest absolute Gasteiger partial charge is 0.363 e. The van der Waals surface area contributed by atoms with Gasteiger partial charge < -0.3 is 15.8 Å². The molecule has 21 heavy (non-hydrogen) atoms. The Morgan fingerprint density at radius 1 is 1.29 bits per heavy atom. The average molecular weight is 312 g/mol. The summed E-state index contributed by atoms with van der Waals surface area (Å²) in [5.74, 6) is -1.14. The largest absolute Gasteiger partial charge is 0.396 e. The van der Waals surface area contributed by atoms with Crippen molar-refractivity contribution >= 4 is 27.2 Å². The minimum Gasteiger partial charge on any atom is -0.396 e. The van der Waals surface area contributed by atoms with Gasteiger partial charge in [-0.05, 0) is 34.2 Å². The van der Waals surface area contributed by atoms with Crippen LogP contribution in [0.25, 0.3) is 0 Å². The number of nitrogen functional groups attached to an aromatic ring is 1. The lowest BCUT2D eigenvalue weighted by molar-refractivity contribution is -0.389. The maximum atomic E-state index is 13.0. The Hall–Kier alpha value is -2.75. The van der Waals surface area contributed by atoms with E-state index in [1.165, 1.54) is 6.07 Å². The minimum atomic E-state index is -4.00. The second kappa shape index (κ2) is 5.32. The summed E-state index contributed by atoms with van der Waals surface area (Å²) in [6.07, 6.45) is 0.855. The van der Waals surface area contributed by atoms with Crippen LogP contribution in [0.3, 0.4) is 0 Å². The Morgan fingerprint density at radius 2 is 2.00 bits per heavy atom. The van der Waals surface area contributed by atoms with Gasteiger partial charge in [0.2, 0.25) is 0 Å². The quantitative estimate of drug-likeness (QED) is 0.500. The van der Waals surface area contributed by atoms with Gasteiger partial charge in [-0.15, -0.1) is 0 Å². The van der Waals surface area contributed by atoms with Crippen molar-refractivity contribution in [2.75, 3.05) is 10.5 Å². The molecule has 0 spiro atoms. The Labute approximate surface area is 118 Å². The normalized spacial score (nSPS) is 11.1. The molecule has 0 bridgehead atoms. The predicted molar refractivity (Wildman–Crippen MR) is 72.5 cm³/mol. The second-order valence-electron chi connectivity index (χ2n) is 3.95. The van der Waals surface area contributed by atoms with Crippen LogP contribution in [0.5, 0.6) is 0 Å². The molecule has 0 atom stereocenters. The molecule has 3 N–H and O–H groups in total. The Morgan fingerprint density at radius 3 is 2.52 bits per heavy atom. The molecule has 1 aromatic heterocycles. The highest BCUT2D eigenvalue weighted by Crippen LogP contribution is 2.20. The first kappa shape index (κ1) is 14.7. The molecule has 0 radical (unpaired) electrons. The van der Waals surface area contributed by atoms with Gasteiger partial charge in [0.05, 0.1) is 11.4 Å². The molecule has 0 aliphatic carbocycles. The van der Waals surface area contributed by atoms with E-state index < -0.39 is 26.6 Å². The number of benzene rings is 1. The number of halogens is 1. The van der Waals surface area contributed by atoms with E-state index in [9.17, 15) is 22.9 Å². The van der Waals surface area contributed by atoms with E-state index in [-0.39, 0.29) is 16.3 Å². The van der Waals surface area contributed by atoms with E-state index in [1.54, 1.807) is 0 Å². The van der Waals surface area contributed by atoms with Crippen molar-refractivity contribution in [2.24, 2.45) is 0 Å². The summed E-state index contributed by atoms with van der Waals surface area (Å²) in [4.78, 5) is 12.9. The summed E-state index contributed by atoms with van der Waals surface area (Å²) >= 11 is 0. The van der Waals surface area contributed by atoms with E-state index in [1.807, 2.05) is 0 Å². The molecule has 0 saturated carbocycles. The van der Waals surface area contributed by atoms with Crippen LogP contribution in [-0.2, 0) is 10.0 Å². The van der Waals surface area contributed by atoms with Crippen LogP contribution in [0.4, 0.5) is 21.6 Å². The molecule has 2 aromatic rings. The lowest BCUT2D eigenvalue weighted by atomic mass is 10.3. The van der Waals surface area contributed by atoms with Gasteiger partial charge in [0.15, 0.2) is 6.20 Å². The highest BCUT2D eigenvalue weighted by Gasteiger charge is 2.18. The number of pyridine rings is 1. The molecule has 110 valence electrons. The molecule has 0 aliphatic rings. The molecule has 0 saturated heterocycles. The number of nitro groups is 1. The zero-order chi connectivity index (χ0) is 15.6. The van der Waals surface area contributed by atoms with Gasteiger partial charge in [-0.25, -0.2) is 12.8 Å². The molecular weight excluding hydrogens is 303 g/mol. The van der Waals surface area contributed by atoms with Crippen molar-refractivity contribution in [3.8, 4) is 0 Å². The summed E-state index contributed by atoms with van der Waals surface area (Å²) in [5.41, 5.74) is 5.19. The van der Waals surface area contributed by atoms with Crippen molar-refractivity contribution < 1.29 is 17.7 Å². The number of hydrogen-bond donors (Lipinski definition) is 2. The monoisotopic (exact) mass is 312 g/mol. The lowest BCUT2D eigenvalue weighted by Gasteiger charge is -2.07. The van der Waals surface area contributed by atoms with Crippen LogP contribution in [-0.4, -0.2) is 18.3 Å². The summed E-state index contributed by atoms with van der Waals surface area (Å²) in [6.45, 7) is 0.